The van der Waals surface area contributed by atoms with Crippen molar-refractivity contribution in [3.63, 3.8) is 0 Å². The Morgan fingerprint density at radius 2 is 2.27 bits per heavy atom. The lowest BCUT2D eigenvalue weighted by Crippen LogP contribution is -2.44. The maximum atomic E-state index is 5.15. The van der Waals surface area contributed by atoms with Crippen LogP contribution < -0.4 is 15.4 Å². The van der Waals surface area contributed by atoms with Crippen LogP contribution in [-0.2, 0) is 6.54 Å². The van der Waals surface area contributed by atoms with Crippen LogP contribution in [0.5, 0.6) is 5.88 Å². The Morgan fingerprint density at radius 1 is 1.41 bits per heavy atom. The van der Waals surface area contributed by atoms with E-state index in [0.29, 0.717) is 18.5 Å². The predicted molar refractivity (Wildman–Crippen MR) is 87.1 cm³/mol. The number of likely N-dealkylation sites (tertiary alicyclic amines) is 1. The molecule has 0 bridgehead atoms. The van der Waals surface area contributed by atoms with Gasteiger partial charge in [0.05, 0.1) is 19.3 Å². The maximum absolute atomic E-state index is 5.15. The first kappa shape index (κ1) is 15.1. The van der Waals surface area contributed by atoms with Gasteiger partial charge in [-0.05, 0) is 25.3 Å². The summed E-state index contributed by atoms with van der Waals surface area (Å²) in [6.07, 6.45) is 3.94. The van der Waals surface area contributed by atoms with E-state index in [1.165, 1.54) is 25.8 Å². The molecule has 1 aliphatic heterocycles. The van der Waals surface area contributed by atoms with E-state index in [-0.39, 0.29) is 0 Å². The summed E-state index contributed by atoms with van der Waals surface area (Å²) in [6.45, 7) is 2.97. The highest BCUT2D eigenvalue weighted by atomic mass is 16.5. The molecule has 0 aromatic carbocycles. The van der Waals surface area contributed by atoms with Crippen molar-refractivity contribution in [3.05, 3.63) is 23.9 Å². The van der Waals surface area contributed by atoms with Gasteiger partial charge in [0.2, 0.25) is 5.88 Å². The largest absolute Gasteiger partial charge is 0.481 e. The summed E-state index contributed by atoms with van der Waals surface area (Å²) in [4.78, 5) is 11.3. The van der Waals surface area contributed by atoms with Crippen LogP contribution in [-0.4, -0.2) is 55.2 Å². The van der Waals surface area contributed by atoms with E-state index in [1.807, 2.05) is 25.2 Å². The smallest absolute Gasteiger partial charge is 0.213 e. The predicted octanol–water partition coefficient (Wildman–Crippen LogP) is 0.992. The van der Waals surface area contributed by atoms with Gasteiger partial charge < -0.3 is 15.4 Å². The van der Waals surface area contributed by atoms with Gasteiger partial charge >= 0.3 is 0 Å². The first-order chi connectivity index (χ1) is 10.8. The van der Waals surface area contributed by atoms with Crippen molar-refractivity contribution in [2.24, 2.45) is 4.99 Å². The van der Waals surface area contributed by atoms with Gasteiger partial charge in [0.15, 0.2) is 5.96 Å². The Bertz CT molecular complexity index is 529. The highest BCUT2D eigenvalue weighted by molar-refractivity contribution is 5.79. The summed E-state index contributed by atoms with van der Waals surface area (Å²) < 4.78 is 5.15. The second-order valence-corrected chi connectivity index (χ2v) is 5.95. The Hall–Kier alpha value is -1.82. The molecule has 1 aromatic rings. The van der Waals surface area contributed by atoms with E-state index in [0.717, 1.165) is 24.2 Å². The molecular formula is C16H25N5O. The molecular weight excluding hydrogens is 278 g/mol. The molecule has 1 aromatic heterocycles. The summed E-state index contributed by atoms with van der Waals surface area (Å²) >= 11 is 0. The summed E-state index contributed by atoms with van der Waals surface area (Å²) in [6, 6.07) is 7.12. The molecule has 2 fully saturated rings. The molecule has 0 spiro atoms. The number of pyridine rings is 1. The van der Waals surface area contributed by atoms with E-state index < -0.39 is 0 Å². The number of nitrogens with zero attached hydrogens (tertiary/aromatic N) is 3. The normalized spacial score (nSPS) is 22.6. The number of rotatable bonds is 5. The summed E-state index contributed by atoms with van der Waals surface area (Å²) in [5.74, 6) is 1.48. The van der Waals surface area contributed by atoms with E-state index in [1.54, 1.807) is 7.11 Å². The van der Waals surface area contributed by atoms with Gasteiger partial charge in [-0.2, -0.15) is 0 Å². The standard InChI is InChI=1S/C16H25N5O/c1-17-16(18-10-12-4-3-5-15(19-12)22-2)20-13-8-9-21(11-13)14-6-7-14/h3-5,13-14H,6-11H2,1-2H3,(H2,17,18,20). The summed E-state index contributed by atoms with van der Waals surface area (Å²) in [5, 5.41) is 6.84. The van der Waals surface area contributed by atoms with Gasteiger partial charge in [-0.3, -0.25) is 9.89 Å². The Labute approximate surface area is 132 Å². The van der Waals surface area contributed by atoms with E-state index in [9.17, 15) is 0 Å². The van der Waals surface area contributed by atoms with Crippen LogP contribution in [0.1, 0.15) is 25.0 Å². The maximum Gasteiger partial charge on any atom is 0.213 e. The molecule has 120 valence electrons. The molecule has 0 amide bonds. The highest BCUT2D eigenvalue weighted by Crippen LogP contribution is 2.29. The molecule has 2 aliphatic rings. The topological polar surface area (TPSA) is 61.8 Å². The molecule has 2 heterocycles. The SMILES string of the molecule is CN=C(NCc1cccc(OC)n1)NC1CCN(C2CC2)C1. The van der Waals surface area contributed by atoms with Gasteiger partial charge in [0, 0.05) is 38.3 Å². The molecule has 0 radical (unpaired) electrons. The van der Waals surface area contributed by atoms with Gasteiger partial charge in [-0.25, -0.2) is 4.98 Å². The fourth-order valence-corrected chi connectivity index (χ4v) is 2.91. The quantitative estimate of drug-likeness (QED) is 0.627. The minimum atomic E-state index is 0.491. The first-order valence-electron chi connectivity index (χ1n) is 7.99. The van der Waals surface area contributed by atoms with Crippen molar-refractivity contribution in [1.29, 1.82) is 0 Å². The summed E-state index contributed by atoms with van der Waals surface area (Å²) in [7, 11) is 3.44. The lowest BCUT2D eigenvalue weighted by molar-refractivity contribution is 0.321. The second-order valence-electron chi connectivity index (χ2n) is 5.95. The van der Waals surface area contributed by atoms with Crippen LogP contribution in [0.3, 0.4) is 0 Å². The molecule has 1 atom stereocenters. The third-order valence-electron chi connectivity index (χ3n) is 4.27. The van der Waals surface area contributed by atoms with Crippen molar-refractivity contribution >= 4 is 5.96 Å². The average molecular weight is 303 g/mol. The molecule has 1 saturated carbocycles. The van der Waals surface area contributed by atoms with Crippen molar-refractivity contribution in [2.45, 2.75) is 37.9 Å². The number of ether oxygens (including phenoxy) is 1. The first-order valence-corrected chi connectivity index (χ1v) is 7.99. The van der Waals surface area contributed by atoms with Crippen molar-refractivity contribution < 1.29 is 4.74 Å². The molecule has 1 saturated heterocycles. The molecule has 1 unspecified atom stereocenters. The zero-order valence-electron chi connectivity index (χ0n) is 13.4. The monoisotopic (exact) mass is 303 g/mol. The third-order valence-corrected chi connectivity index (χ3v) is 4.27. The van der Waals surface area contributed by atoms with E-state index >= 15 is 0 Å². The second kappa shape index (κ2) is 6.96. The number of methoxy groups -OCH3 is 1. The van der Waals surface area contributed by atoms with Crippen LogP contribution in [0, 0.1) is 0 Å². The van der Waals surface area contributed by atoms with Gasteiger partial charge in [0.1, 0.15) is 0 Å². The Kier molecular flexibility index (Phi) is 4.77. The number of hydrogen-bond acceptors (Lipinski definition) is 4. The van der Waals surface area contributed by atoms with E-state index in [4.69, 9.17) is 4.74 Å². The number of aromatic nitrogens is 1. The van der Waals surface area contributed by atoms with Crippen LogP contribution >= 0.6 is 0 Å². The lowest BCUT2D eigenvalue weighted by Gasteiger charge is -2.18. The zero-order valence-corrected chi connectivity index (χ0v) is 13.4. The fourth-order valence-electron chi connectivity index (χ4n) is 2.91. The van der Waals surface area contributed by atoms with Gasteiger partial charge in [-0.1, -0.05) is 6.07 Å². The average Bonchev–Trinajstić information content (AvgIpc) is 3.31. The van der Waals surface area contributed by atoms with Crippen LogP contribution in [0.15, 0.2) is 23.2 Å². The van der Waals surface area contributed by atoms with Crippen molar-refractivity contribution in [1.82, 2.24) is 20.5 Å². The minimum absolute atomic E-state index is 0.491. The lowest BCUT2D eigenvalue weighted by atomic mass is 10.3. The number of aliphatic imine (C=N–C) groups is 1. The number of nitrogens with one attached hydrogen (secondary N) is 2. The van der Waals surface area contributed by atoms with Gasteiger partial charge in [-0.15, -0.1) is 0 Å². The zero-order chi connectivity index (χ0) is 15.4. The molecule has 6 heteroatoms. The molecule has 1 aliphatic carbocycles. The van der Waals surface area contributed by atoms with Crippen molar-refractivity contribution in [2.75, 3.05) is 27.2 Å². The highest BCUT2D eigenvalue weighted by Gasteiger charge is 2.34. The Morgan fingerprint density at radius 3 is 3.00 bits per heavy atom. The minimum Gasteiger partial charge on any atom is -0.481 e. The summed E-state index contributed by atoms with van der Waals surface area (Å²) in [5.41, 5.74) is 0.938. The number of guanidine groups is 1. The molecule has 22 heavy (non-hydrogen) atoms. The molecule has 3 rings (SSSR count). The van der Waals surface area contributed by atoms with Crippen molar-refractivity contribution in [3.8, 4) is 5.88 Å². The van der Waals surface area contributed by atoms with E-state index in [2.05, 4.69) is 25.5 Å². The Balaban J connectivity index is 1.47. The fraction of sp³-hybridized carbons (Fsp3) is 0.625. The number of hydrogen-bond donors (Lipinski definition) is 2. The molecule has 6 nitrogen and oxygen atoms in total. The van der Waals surface area contributed by atoms with Crippen LogP contribution in [0.2, 0.25) is 0 Å². The third kappa shape index (κ3) is 3.88. The van der Waals surface area contributed by atoms with Crippen LogP contribution in [0.25, 0.3) is 0 Å². The molecule has 2 N–H and O–H groups in total. The van der Waals surface area contributed by atoms with Crippen LogP contribution in [0.4, 0.5) is 0 Å². The van der Waals surface area contributed by atoms with Gasteiger partial charge in [0.25, 0.3) is 0 Å².